The number of hydroxylamine groups is 2. The van der Waals surface area contributed by atoms with E-state index in [4.69, 9.17) is 4.84 Å². The SMILES string of the molecule is CON1CC[C@@](C/C=C/C=C/c2ccccc2)(C(=O)c2ccc(C)cc2)C1=O. The number of nitrogens with zero attached hydrogens (tertiary/aromatic N) is 1. The lowest BCUT2D eigenvalue weighted by molar-refractivity contribution is -0.171. The summed E-state index contributed by atoms with van der Waals surface area (Å²) in [6, 6.07) is 17.3. The number of ketones is 1. The number of Topliss-reactive ketones (excluding diaryl/α,β-unsaturated/α-hetero) is 1. The number of rotatable bonds is 7. The molecule has 0 aromatic heterocycles. The number of hydrogen-bond donors (Lipinski definition) is 0. The smallest absolute Gasteiger partial charge is 0.260 e. The normalized spacial score (nSPS) is 19.8. The van der Waals surface area contributed by atoms with E-state index in [1.54, 1.807) is 12.1 Å². The fourth-order valence-corrected chi connectivity index (χ4v) is 3.47. The second-order valence-electron chi connectivity index (χ2n) is 7.02. The first-order valence-corrected chi connectivity index (χ1v) is 9.42. The molecule has 1 amide bonds. The molecule has 1 aliphatic heterocycles. The standard InChI is InChI=1S/C24H25NO3/c1-19-12-14-21(15-13-19)22(26)24(17-18-25(28-2)23(24)27)16-8-4-7-11-20-9-5-3-6-10-20/h3-15H,16-18H2,1-2H3/b8-4+,11-7+/t24-/m0/s1. The summed E-state index contributed by atoms with van der Waals surface area (Å²) in [6.45, 7) is 2.39. The average molecular weight is 375 g/mol. The van der Waals surface area contributed by atoms with Crippen LogP contribution in [0.3, 0.4) is 0 Å². The van der Waals surface area contributed by atoms with Crippen molar-refractivity contribution in [2.24, 2.45) is 5.41 Å². The van der Waals surface area contributed by atoms with Gasteiger partial charge in [0, 0.05) is 5.56 Å². The maximum atomic E-state index is 13.3. The van der Waals surface area contributed by atoms with Crippen LogP contribution in [0.4, 0.5) is 0 Å². The Hall–Kier alpha value is -2.98. The lowest BCUT2D eigenvalue weighted by atomic mass is 9.76. The van der Waals surface area contributed by atoms with E-state index in [2.05, 4.69) is 0 Å². The summed E-state index contributed by atoms with van der Waals surface area (Å²) in [5.41, 5.74) is 1.63. The summed E-state index contributed by atoms with van der Waals surface area (Å²) < 4.78 is 0. The van der Waals surface area contributed by atoms with Gasteiger partial charge in [-0.05, 0) is 25.3 Å². The Bertz CT molecular complexity index is 884. The molecule has 0 bridgehead atoms. The number of allylic oxidation sites excluding steroid dienone is 3. The van der Waals surface area contributed by atoms with Crippen molar-refractivity contribution in [2.45, 2.75) is 19.8 Å². The highest BCUT2D eigenvalue weighted by atomic mass is 16.7. The van der Waals surface area contributed by atoms with Crippen molar-refractivity contribution < 1.29 is 14.4 Å². The Labute approximate surface area is 166 Å². The second-order valence-corrected chi connectivity index (χ2v) is 7.02. The van der Waals surface area contributed by atoms with Crippen LogP contribution in [0, 0.1) is 12.3 Å². The molecule has 0 saturated carbocycles. The maximum Gasteiger partial charge on any atom is 0.260 e. The Kier molecular flexibility index (Phi) is 6.22. The summed E-state index contributed by atoms with van der Waals surface area (Å²) >= 11 is 0. The number of carbonyl (C=O) groups excluding carboxylic acids is 2. The van der Waals surface area contributed by atoms with E-state index in [1.807, 2.05) is 73.7 Å². The molecule has 0 aliphatic carbocycles. The Balaban J connectivity index is 1.80. The zero-order valence-corrected chi connectivity index (χ0v) is 16.3. The van der Waals surface area contributed by atoms with Gasteiger partial charge in [-0.3, -0.25) is 14.4 Å². The van der Waals surface area contributed by atoms with Gasteiger partial charge in [-0.2, -0.15) is 0 Å². The first-order valence-electron chi connectivity index (χ1n) is 9.42. The first kappa shape index (κ1) is 19.8. The third-order valence-electron chi connectivity index (χ3n) is 5.15. The minimum atomic E-state index is -1.11. The van der Waals surface area contributed by atoms with E-state index >= 15 is 0 Å². The van der Waals surface area contributed by atoms with Gasteiger partial charge in [0.05, 0.1) is 13.7 Å². The molecule has 1 aliphatic rings. The zero-order valence-electron chi connectivity index (χ0n) is 16.3. The van der Waals surface area contributed by atoms with Crippen LogP contribution in [0.1, 0.15) is 34.3 Å². The highest BCUT2D eigenvalue weighted by molar-refractivity contribution is 6.14. The second kappa shape index (κ2) is 8.81. The molecule has 2 aromatic carbocycles. The molecule has 1 heterocycles. The van der Waals surface area contributed by atoms with Crippen molar-refractivity contribution >= 4 is 17.8 Å². The minimum absolute atomic E-state index is 0.145. The fraction of sp³-hybridized carbons (Fsp3) is 0.250. The number of aryl methyl sites for hydroxylation is 1. The van der Waals surface area contributed by atoms with E-state index in [0.717, 1.165) is 11.1 Å². The Morgan fingerprint density at radius 3 is 2.46 bits per heavy atom. The summed E-state index contributed by atoms with van der Waals surface area (Å²) in [4.78, 5) is 31.4. The number of amides is 1. The van der Waals surface area contributed by atoms with E-state index in [9.17, 15) is 9.59 Å². The van der Waals surface area contributed by atoms with Crippen LogP contribution in [0.15, 0.2) is 72.8 Å². The Morgan fingerprint density at radius 2 is 1.82 bits per heavy atom. The third-order valence-corrected chi connectivity index (χ3v) is 5.15. The molecule has 4 nitrogen and oxygen atoms in total. The van der Waals surface area contributed by atoms with Crippen molar-refractivity contribution in [1.82, 2.24) is 5.06 Å². The highest BCUT2D eigenvalue weighted by Gasteiger charge is 2.52. The monoisotopic (exact) mass is 375 g/mol. The minimum Gasteiger partial charge on any atom is -0.293 e. The van der Waals surface area contributed by atoms with Crippen LogP contribution in [0.2, 0.25) is 0 Å². The maximum absolute atomic E-state index is 13.3. The van der Waals surface area contributed by atoms with Crippen LogP contribution >= 0.6 is 0 Å². The summed E-state index contributed by atoms with van der Waals surface area (Å²) in [5, 5.41) is 1.29. The van der Waals surface area contributed by atoms with Crippen molar-refractivity contribution in [2.75, 3.05) is 13.7 Å². The number of carbonyl (C=O) groups is 2. The molecular formula is C24H25NO3. The lowest BCUT2D eigenvalue weighted by Crippen LogP contribution is -2.40. The molecule has 0 N–H and O–H groups in total. The van der Waals surface area contributed by atoms with Gasteiger partial charge in [0.1, 0.15) is 5.41 Å². The van der Waals surface area contributed by atoms with Gasteiger partial charge in [0.25, 0.3) is 5.91 Å². The van der Waals surface area contributed by atoms with Crippen LogP contribution in [-0.2, 0) is 9.63 Å². The molecule has 28 heavy (non-hydrogen) atoms. The molecule has 3 rings (SSSR count). The van der Waals surface area contributed by atoms with E-state index in [-0.39, 0.29) is 11.7 Å². The molecule has 1 atom stereocenters. The summed E-state index contributed by atoms with van der Waals surface area (Å²) in [5.74, 6) is -0.411. The molecule has 0 radical (unpaired) electrons. The number of benzene rings is 2. The van der Waals surface area contributed by atoms with E-state index in [0.29, 0.717) is 24.9 Å². The van der Waals surface area contributed by atoms with Crippen molar-refractivity contribution in [3.63, 3.8) is 0 Å². The van der Waals surface area contributed by atoms with Gasteiger partial charge in [-0.25, -0.2) is 5.06 Å². The zero-order chi connectivity index (χ0) is 20.0. The average Bonchev–Trinajstić information content (AvgIpc) is 3.05. The molecule has 2 aromatic rings. The van der Waals surface area contributed by atoms with Crippen LogP contribution < -0.4 is 0 Å². The summed E-state index contributed by atoms with van der Waals surface area (Å²) in [7, 11) is 1.46. The molecule has 144 valence electrons. The first-order chi connectivity index (χ1) is 13.6. The van der Waals surface area contributed by atoms with Crippen molar-refractivity contribution in [1.29, 1.82) is 0 Å². The van der Waals surface area contributed by atoms with E-state index in [1.165, 1.54) is 12.2 Å². The topological polar surface area (TPSA) is 46.6 Å². The largest absolute Gasteiger partial charge is 0.293 e. The number of hydrogen-bond acceptors (Lipinski definition) is 3. The molecule has 4 heteroatoms. The molecular weight excluding hydrogens is 350 g/mol. The van der Waals surface area contributed by atoms with Gasteiger partial charge in [0.2, 0.25) is 0 Å². The van der Waals surface area contributed by atoms with Gasteiger partial charge in [0.15, 0.2) is 5.78 Å². The van der Waals surface area contributed by atoms with Crippen LogP contribution in [0.5, 0.6) is 0 Å². The third kappa shape index (κ3) is 4.12. The lowest BCUT2D eigenvalue weighted by Gasteiger charge is -2.24. The Morgan fingerprint density at radius 1 is 1.11 bits per heavy atom. The molecule has 1 saturated heterocycles. The predicted octanol–water partition coefficient (Wildman–Crippen LogP) is 4.62. The van der Waals surface area contributed by atoms with Gasteiger partial charge in [-0.15, -0.1) is 0 Å². The quantitative estimate of drug-likeness (QED) is 0.403. The molecule has 0 spiro atoms. The van der Waals surface area contributed by atoms with Crippen molar-refractivity contribution in [3.05, 3.63) is 89.5 Å². The predicted molar refractivity (Wildman–Crippen MR) is 111 cm³/mol. The fourth-order valence-electron chi connectivity index (χ4n) is 3.47. The van der Waals surface area contributed by atoms with E-state index < -0.39 is 5.41 Å². The van der Waals surface area contributed by atoms with Gasteiger partial charge >= 0.3 is 0 Å². The van der Waals surface area contributed by atoms with Gasteiger partial charge in [-0.1, -0.05) is 84.5 Å². The highest BCUT2D eigenvalue weighted by Crippen LogP contribution is 2.39. The molecule has 0 unspecified atom stereocenters. The van der Waals surface area contributed by atoms with Crippen molar-refractivity contribution in [3.8, 4) is 0 Å². The van der Waals surface area contributed by atoms with Crippen LogP contribution in [-0.4, -0.2) is 30.4 Å². The summed E-state index contributed by atoms with van der Waals surface area (Å²) in [6.07, 6.45) is 8.48. The van der Waals surface area contributed by atoms with Crippen LogP contribution in [0.25, 0.3) is 6.08 Å². The molecule has 1 fully saturated rings. The van der Waals surface area contributed by atoms with Gasteiger partial charge < -0.3 is 0 Å².